The third-order valence-corrected chi connectivity index (χ3v) is 7.64. The molecular weight excluding hydrogens is 362 g/mol. The van der Waals surface area contributed by atoms with Gasteiger partial charge in [-0.2, -0.15) is 0 Å². The summed E-state index contributed by atoms with van der Waals surface area (Å²) in [5.74, 6) is 2.47. The van der Waals surface area contributed by atoms with E-state index in [4.69, 9.17) is 0 Å². The molecule has 1 N–H and O–H groups in total. The average molecular weight is 396 g/mol. The predicted molar refractivity (Wildman–Crippen MR) is 114 cm³/mol. The Labute approximate surface area is 173 Å². The van der Waals surface area contributed by atoms with Crippen LogP contribution >= 0.6 is 0 Å². The Bertz CT molecular complexity index is 740. The summed E-state index contributed by atoms with van der Waals surface area (Å²) in [6, 6.07) is 7.93. The van der Waals surface area contributed by atoms with Crippen molar-refractivity contribution in [2.75, 3.05) is 25.0 Å². The van der Waals surface area contributed by atoms with Crippen LogP contribution in [0, 0.1) is 17.8 Å². The molecule has 3 heterocycles. The molecule has 2 atom stereocenters. The minimum Gasteiger partial charge on any atom is -0.339 e. The summed E-state index contributed by atoms with van der Waals surface area (Å²) in [6.07, 6.45) is 11.0. The van der Waals surface area contributed by atoms with Crippen molar-refractivity contribution < 1.29 is 9.59 Å². The van der Waals surface area contributed by atoms with Crippen LogP contribution < -0.4 is 5.32 Å². The molecule has 0 spiro atoms. The van der Waals surface area contributed by atoms with E-state index >= 15 is 0 Å². The van der Waals surface area contributed by atoms with Crippen LogP contribution in [0.25, 0.3) is 0 Å². The molecule has 3 amide bonds. The number of likely N-dealkylation sites (tertiary alicyclic amines) is 1. The van der Waals surface area contributed by atoms with Crippen molar-refractivity contribution in [2.24, 2.45) is 17.8 Å². The Morgan fingerprint density at radius 2 is 1.41 bits per heavy atom. The largest absolute Gasteiger partial charge is 0.339 e. The van der Waals surface area contributed by atoms with Crippen molar-refractivity contribution >= 4 is 17.6 Å². The summed E-state index contributed by atoms with van der Waals surface area (Å²) < 4.78 is 0. The number of carbonyl (C=O) groups is 2. The summed E-state index contributed by atoms with van der Waals surface area (Å²) in [6.45, 7) is 2.63. The fourth-order valence-electron chi connectivity index (χ4n) is 6.38. The average Bonchev–Trinajstić information content (AvgIpc) is 3.11. The number of nitrogens with zero attached hydrogens (tertiary/aromatic N) is 2. The number of amides is 3. The molecule has 3 aliphatic heterocycles. The number of hydrogen-bond donors (Lipinski definition) is 1. The first kappa shape index (κ1) is 19.0. The van der Waals surface area contributed by atoms with E-state index in [9.17, 15) is 9.59 Å². The standard InChI is InChI=1S/C24H33N3O2/c28-23(26-9-3-1-2-4-10-26)20-5-7-21(8-6-20)25-24(29)27-16-19-12-17-11-18(13-19)15-22(27)14-17/h5-8,17-19,22H,1-4,9-16H2,(H,25,29). The highest BCUT2D eigenvalue weighted by Gasteiger charge is 2.44. The fourth-order valence-corrected chi connectivity index (χ4v) is 6.38. The number of fused-ring (bicyclic) bond motifs is 1. The van der Waals surface area contributed by atoms with Crippen LogP contribution in [0.2, 0.25) is 0 Å². The maximum Gasteiger partial charge on any atom is 0.322 e. The molecule has 5 aliphatic rings. The lowest BCUT2D eigenvalue weighted by molar-refractivity contribution is 0.0761. The summed E-state index contributed by atoms with van der Waals surface area (Å²) in [5.41, 5.74) is 1.50. The van der Waals surface area contributed by atoms with Crippen LogP contribution in [0.1, 0.15) is 68.1 Å². The van der Waals surface area contributed by atoms with Crippen molar-refractivity contribution in [2.45, 2.75) is 63.8 Å². The third kappa shape index (κ3) is 4.01. The van der Waals surface area contributed by atoms with Gasteiger partial charge in [0.15, 0.2) is 0 Å². The summed E-state index contributed by atoms with van der Waals surface area (Å²) in [7, 11) is 0. The molecule has 2 unspecified atom stereocenters. The van der Waals surface area contributed by atoms with Gasteiger partial charge in [-0.3, -0.25) is 4.79 Å². The SMILES string of the molecule is O=C(c1ccc(NC(=O)N2CC3CC4CC(C3)CC2C4)cc1)N1CCCCCC1. The van der Waals surface area contributed by atoms with E-state index in [1.807, 2.05) is 29.2 Å². The molecule has 2 saturated carbocycles. The van der Waals surface area contributed by atoms with Crippen molar-refractivity contribution in [3.8, 4) is 0 Å². The molecule has 1 aromatic rings. The van der Waals surface area contributed by atoms with Crippen LogP contribution in [-0.2, 0) is 0 Å². The predicted octanol–water partition coefficient (Wildman–Crippen LogP) is 4.75. The van der Waals surface area contributed by atoms with Gasteiger partial charge in [-0.05, 0) is 87.0 Å². The lowest BCUT2D eigenvalue weighted by Gasteiger charge is -2.38. The molecule has 156 valence electrons. The molecule has 5 nitrogen and oxygen atoms in total. The maximum absolute atomic E-state index is 13.0. The number of anilines is 1. The Hall–Kier alpha value is -2.04. The molecule has 5 fully saturated rings. The molecule has 2 aliphatic carbocycles. The number of nitrogens with one attached hydrogen (secondary N) is 1. The van der Waals surface area contributed by atoms with Gasteiger partial charge < -0.3 is 15.1 Å². The van der Waals surface area contributed by atoms with Gasteiger partial charge in [-0.15, -0.1) is 0 Å². The van der Waals surface area contributed by atoms with Gasteiger partial charge in [0, 0.05) is 36.9 Å². The van der Waals surface area contributed by atoms with Gasteiger partial charge in [-0.25, -0.2) is 4.79 Å². The molecule has 4 bridgehead atoms. The molecule has 0 radical (unpaired) electrons. The summed E-state index contributed by atoms with van der Waals surface area (Å²) in [4.78, 5) is 29.9. The minimum atomic E-state index is 0.0368. The van der Waals surface area contributed by atoms with Crippen LogP contribution in [0.15, 0.2) is 24.3 Å². The van der Waals surface area contributed by atoms with Gasteiger partial charge in [0.2, 0.25) is 0 Å². The van der Waals surface area contributed by atoms with Crippen LogP contribution in [0.3, 0.4) is 0 Å². The molecule has 29 heavy (non-hydrogen) atoms. The van der Waals surface area contributed by atoms with E-state index in [0.717, 1.165) is 55.6 Å². The van der Waals surface area contributed by atoms with Gasteiger partial charge in [0.05, 0.1) is 0 Å². The molecular formula is C24H33N3O2. The van der Waals surface area contributed by atoms with E-state index in [0.29, 0.717) is 12.0 Å². The molecule has 6 rings (SSSR count). The first-order chi connectivity index (χ1) is 14.2. The number of rotatable bonds is 2. The number of carbonyl (C=O) groups excluding carboxylic acids is 2. The molecule has 5 heteroatoms. The lowest BCUT2D eigenvalue weighted by Crippen LogP contribution is -2.44. The summed E-state index contributed by atoms with van der Waals surface area (Å²) >= 11 is 0. The van der Waals surface area contributed by atoms with Gasteiger partial charge in [-0.1, -0.05) is 12.8 Å². The van der Waals surface area contributed by atoms with E-state index in [-0.39, 0.29) is 11.9 Å². The van der Waals surface area contributed by atoms with Crippen molar-refractivity contribution in [3.05, 3.63) is 29.8 Å². The van der Waals surface area contributed by atoms with E-state index < -0.39 is 0 Å². The Kier molecular flexibility index (Phi) is 5.23. The van der Waals surface area contributed by atoms with E-state index in [1.54, 1.807) is 0 Å². The zero-order valence-electron chi connectivity index (χ0n) is 17.3. The van der Waals surface area contributed by atoms with Crippen LogP contribution in [0.5, 0.6) is 0 Å². The van der Waals surface area contributed by atoms with E-state index in [2.05, 4.69) is 10.2 Å². The summed E-state index contributed by atoms with van der Waals surface area (Å²) in [5, 5.41) is 3.10. The Balaban J connectivity index is 1.23. The first-order valence-electron chi connectivity index (χ1n) is 11.6. The Morgan fingerprint density at radius 1 is 0.793 bits per heavy atom. The smallest absolute Gasteiger partial charge is 0.322 e. The van der Waals surface area contributed by atoms with Gasteiger partial charge in [0.1, 0.15) is 0 Å². The molecule has 0 aromatic heterocycles. The quantitative estimate of drug-likeness (QED) is 0.786. The van der Waals surface area contributed by atoms with Crippen molar-refractivity contribution in [1.29, 1.82) is 0 Å². The maximum atomic E-state index is 13.0. The highest BCUT2D eigenvalue weighted by molar-refractivity contribution is 5.95. The number of urea groups is 1. The van der Waals surface area contributed by atoms with Gasteiger partial charge >= 0.3 is 6.03 Å². The lowest BCUT2D eigenvalue weighted by atomic mass is 9.68. The fraction of sp³-hybridized carbons (Fsp3) is 0.667. The second-order valence-corrected chi connectivity index (χ2v) is 9.80. The number of hydrogen-bond acceptors (Lipinski definition) is 2. The van der Waals surface area contributed by atoms with Crippen LogP contribution in [0.4, 0.5) is 10.5 Å². The monoisotopic (exact) mass is 395 g/mol. The minimum absolute atomic E-state index is 0.0368. The zero-order chi connectivity index (χ0) is 19.8. The third-order valence-electron chi connectivity index (χ3n) is 7.64. The first-order valence-corrected chi connectivity index (χ1v) is 11.6. The zero-order valence-corrected chi connectivity index (χ0v) is 17.3. The van der Waals surface area contributed by atoms with Crippen molar-refractivity contribution in [3.63, 3.8) is 0 Å². The second kappa shape index (κ2) is 8.00. The number of benzene rings is 1. The molecule has 3 saturated heterocycles. The normalized spacial score (nSPS) is 31.3. The topological polar surface area (TPSA) is 52.7 Å². The Morgan fingerprint density at radius 3 is 2.07 bits per heavy atom. The second-order valence-electron chi connectivity index (χ2n) is 9.80. The van der Waals surface area contributed by atoms with Crippen molar-refractivity contribution in [1.82, 2.24) is 9.80 Å². The van der Waals surface area contributed by atoms with E-state index in [1.165, 1.54) is 44.9 Å². The highest BCUT2D eigenvalue weighted by Crippen LogP contribution is 2.47. The van der Waals surface area contributed by atoms with Crippen LogP contribution in [-0.4, -0.2) is 47.4 Å². The van der Waals surface area contributed by atoms with Gasteiger partial charge in [0.25, 0.3) is 5.91 Å². The highest BCUT2D eigenvalue weighted by atomic mass is 16.2. The molecule has 1 aromatic carbocycles.